The second kappa shape index (κ2) is 9.48. The molecule has 0 fully saturated rings. The molecule has 1 aliphatic rings. The van der Waals surface area contributed by atoms with Gasteiger partial charge in [0.1, 0.15) is 18.3 Å². The van der Waals surface area contributed by atoms with Crippen LogP contribution < -0.4 is 4.74 Å². The minimum absolute atomic E-state index is 0.00839. The van der Waals surface area contributed by atoms with E-state index >= 15 is 0 Å². The summed E-state index contributed by atoms with van der Waals surface area (Å²) in [5.41, 5.74) is 0.326. The maximum Gasteiger partial charge on any atom is 0.259 e. The largest absolute Gasteiger partial charge is 0.472 e. The molecule has 1 aliphatic heterocycles. The van der Waals surface area contributed by atoms with Crippen LogP contribution in [0.3, 0.4) is 0 Å². The average Bonchev–Trinajstić information content (AvgIpc) is 2.64. The summed E-state index contributed by atoms with van der Waals surface area (Å²) >= 11 is 3.34. The second-order valence-electron chi connectivity index (χ2n) is 6.84. The summed E-state index contributed by atoms with van der Waals surface area (Å²) in [5, 5.41) is 9.58. The Kier molecular flexibility index (Phi) is 7.58. The topological polar surface area (TPSA) is 92.2 Å². The van der Waals surface area contributed by atoms with Crippen molar-refractivity contribution < 1.29 is 24.2 Å². The van der Waals surface area contributed by atoms with Gasteiger partial charge in [-0.2, -0.15) is 0 Å². The fraction of sp³-hybridized carbons (Fsp3) is 0.611. The smallest absolute Gasteiger partial charge is 0.259 e. The normalized spacial score (nSPS) is 21.0. The molecule has 0 radical (unpaired) electrons. The van der Waals surface area contributed by atoms with Crippen LogP contribution >= 0.6 is 15.9 Å². The van der Waals surface area contributed by atoms with E-state index in [4.69, 9.17) is 9.47 Å². The zero-order chi connectivity index (χ0) is 20.1. The molecule has 2 heterocycles. The lowest BCUT2D eigenvalue weighted by atomic mass is 10.00. The Labute approximate surface area is 167 Å². The number of rotatable bonds is 6. The molecule has 1 N–H and O–H groups in total. The molecule has 2 rings (SSSR count). The lowest BCUT2D eigenvalue weighted by Crippen LogP contribution is -2.50. The third kappa shape index (κ3) is 5.18. The summed E-state index contributed by atoms with van der Waals surface area (Å²) in [4.78, 5) is 32.5. The molecule has 3 atom stereocenters. The molecule has 0 aliphatic carbocycles. The summed E-state index contributed by atoms with van der Waals surface area (Å²) < 4.78 is 11.6. The maximum atomic E-state index is 13.0. The molecule has 1 aromatic heterocycles. The summed E-state index contributed by atoms with van der Waals surface area (Å²) in [6.45, 7) is 4.31. The quantitative estimate of drug-likeness (QED) is 0.709. The van der Waals surface area contributed by atoms with Crippen molar-refractivity contribution in [3.8, 4) is 5.88 Å². The number of fused-ring (bicyclic) bond motifs is 1. The first kappa shape index (κ1) is 21.6. The van der Waals surface area contributed by atoms with Gasteiger partial charge in [-0.1, -0.05) is 6.92 Å². The van der Waals surface area contributed by atoms with Crippen molar-refractivity contribution in [2.45, 2.75) is 26.0 Å². The number of carbonyl (C=O) groups excluding carboxylic acids is 2. The van der Waals surface area contributed by atoms with Gasteiger partial charge in [0.25, 0.3) is 5.91 Å². The van der Waals surface area contributed by atoms with Crippen molar-refractivity contribution in [2.24, 2.45) is 5.92 Å². The molecule has 0 aromatic carbocycles. The van der Waals surface area contributed by atoms with Crippen LogP contribution in [0.1, 0.15) is 24.2 Å². The first-order valence-electron chi connectivity index (χ1n) is 8.75. The number of amides is 2. The van der Waals surface area contributed by atoms with Gasteiger partial charge in [0, 0.05) is 37.3 Å². The van der Waals surface area contributed by atoms with Gasteiger partial charge in [-0.3, -0.25) is 9.59 Å². The van der Waals surface area contributed by atoms with Gasteiger partial charge in [0.2, 0.25) is 11.8 Å². The molecule has 0 saturated heterocycles. The van der Waals surface area contributed by atoms with Crippen LogP contribution in [0.25, 0.3) is 0 Å². The number of hydrogen-bond acceptors (Lipinski definition) is 6. The molecular formula is C18H26BrN3O5. The zero-order valence-electron chi connectivity index (χ0n) is 16.0. The fourth-order valence-corrected chi connectivity index (χ4v) is 3.23. The van der Waals surface area contributed by atoms with Gasteiger partial charge in [0.15, 0.2) is 0 Å². The van der Waals surface area contributed by atoms with Gasteiger partial charge in [-0.05, 0) is 28.9 Å². The van der Waals surface area contributed by atoms with E-state index in [1.165, 1.54) is 7.11 Å². The number of methoxy groups -OCH3 is 1. The van der Waals surface area contributed by atoms with E-state index in [1.807, 2.05) is 6.92 Å². The van der Waals surface area contributed by atoms with Gasteiger partial charge >= 0.3 is 0 Å². The summed E-state index contributed by atoms with van der Waals surface area (Å²) in [5.74, 6) is -0.257. The van der Waals surface area contributed by atoms with Crippen LogP contribution in [0.4, 0.5) is 0 Å². The molecule has 1 aromatic rings. The summed E-state index contributed by atoms with van der Waals surface area (Å²) in [6, 6.07) is 1.31. The molecule has 8 nitrogen and oxygen atoms in total. The fourth-order valence-electron chi connectivity index (χ4n) is 2.90. The standard InChI is InChI=1S/C18H26BrN3O5/c1-11-7-22(12(2)9-23)18(25)14-5-13(19)6-20-17(14)27-15(11)8-21(3)16(24)10-26-4/h5-6,11-12,15,23H,7-10H2,1-4H3/t11-,12+,15+/m1/s1. The predicted octanol–water partition coefficient (Wildman–Crippen LogP) is 1.17. The Morgan fingerprint density at radius 3 is 2.93 bits per heavy atom. The number of hydrogen-bond donors (Lipinski definition) is 1. The van der Waals surface area contributed by atoms with E-state index in [9.17, 15) is 14.7 Å². The van der Waals surface area contributed by atoms with E-state index in [-0.39, 0.29) is 49.0 Å². The van der Waals surface area contributed by atoms with Gasteiger partial charge in [-0.15, -0.1) is 0 Å². The van der Waals surface area contributed by atoms with Crippen LogP contribution in [-0.2, 0) is 9.53 Å². The van der Waals surface area contributed by atoms with E-state index in [0.717, 1.165) is 0 Å². The van der Waals surface area contributed by atoms with Crippen molar-refractivity contribution >= 4 is 27.7 Å². The molecule has 2 amide bonds. The number of carbonyl (C=O) groups is 2. The highest BCUT2D eigenvalue weighted by atomic mass is 79.9. The van der Waals surface area contributed by atoms with Crippen molar-refractivity contribution in [1.82, 2.24) is 14.8 Å². The number of aliphatic hydroxyl groups excluding tert-OH is 1. The monoisotopic (exact) mass is 443 g/mol. The minimum atomic E-state index is -0.371. The molecule has 150 valence electrons. The Morgan fingerprint density at radius 1 is 1.59 bits per heavy atom. The lowest BCUT2D eigenvalue weighted by molar-refractivity contribution is -0.135. The first-order valence-corrected chi connectivity index (χ1v) is 9.54. The number of nitrogens with zero attached hydrogens (tertiary/aromatic N) is 3. The lowest BCUT2D eigenvalue weighted by Gasteiger charge is -2.37. The highest BCUT2D eigenvalue weighted by Crippen LogP contribution is 2.28. The van der Waals surface area contributed by atoms with Gasteiger partial charge in [0.05, 0.1) is 19.2 Å². The number of pyridine rings is 1. The maximum absolute atomic E-state index is 13.0. The highest BCUT2D eigenvalue weighted by Gasteiger charge is 2.34. The van der Waals surface area contributed by atoms with Crippen LogP contribution in [0.5, 0.6) is 5.88 Å². The Morgan fingerprint density at radius 2 is 2.30 bits per heavy atom. The van der Waals surface area contributed by atoms with Crippen LogP contribution in [0, 0.1) is 5.92 Å². The van der Waals surface area contributed by atoms with Crippen molar-refractivity contribution in [2.75, 3.05) is 40.5 Å². The second-order valence-corrected chi connectivity index (χ2v) is 7.75. The van der Waals surface area contributed by atoms with E-state index in [0.29, 0.717) is 23.1 Å². The van der Waals surface area contributed by atoms with Crippen LogP contribution in [0.2, 0.25) is 0 Å². The molecule has 0 bridgehead atoms. The molecule has 0 spiro atoms. The Hall–Kier alpha value is -1.71. The molecule has 0 unspecified atom stereocenters. The first-order chi connectivity index (χ1) is 12.8. The van der Waals surface area contributed by atoms with Gasteiger partial charge in [-0.25, -0.2) is 4.98 Å². The van der Waals surface area contributed by atoms with E-state index in [1.54, 1.807) is 36.0 Å². The number of ether oxygens (including phenoxy) is 2. The summed E-state index contributed by atoms with van der Waals surface area (Å²) in [7, 11) is 3.16. The van der Waals surface area contributed by atoms with Gasteiger partial charge < -0.3 is 24.4 Å². The molecule has 0 saturated carbocycles. The zero-order valence-corrected chi connectivity index (χ0v) is 17.6. The minimum Gasteiger partial charge on any atom is -0.472 e. The highest BCUT2D eigenvalue weighted by molar-refractivity contribution is 9.10. The molecule has 27 heavy (non-hydrogen) atoms. The predicted molar refractivity (Wildman–Crippen MR) is 103 cm³/mol. The van der Waals surface area contributed by atoms with Crippen LogP contribution in [-0.4, -0.2) is 84.3 Å². The Bertz CT molecular complexity index is 687. The number of aromatic nitrogens is 1. The third-order valence-electron chi connectivity index (χ3n) is 4.64. The SMILES string of the molecule is COCC(=O)N(C)C[C@@H]1Oc2ncc(Br)cc2C(=O)N([C@@H](C)CO)C[C@H]1C. The van der Waals surface area contributed by atoms with Crippen molar-refractivity contribution in [3.63, 3.8) is 0 Å². The summed E-state index contributed by atoms with van der Waals surface area (Å²) in [6.07, 6.45) is 1.19. The van der Waals surface area contributed by atoms with E-state index in [2.05, 4.69) is 20.9 Å². The third-order valence-corrected chi connectivity index (χ3v) is 5.07. The number of halogens is 1. The molecule has 9 heteroatoms. The number of likely N-dealkylation sites (N-methyl/N-ethyl adjacent to an activating group) is 1. The van der Waals surface area contributed by atoms with Crippen molar-refractivity contribution in [1.29, 1.82) is 0 Å². The average molecular weight is 444 g/mol. The Balaban J connectivity index is 2.36. The van der Waals surface area contributed by atoms with Crippen LogP contribution in [0.15, 0.2) is 16.7 Å². The van der Waals surface area contributed by atoms with E-state index < -0.39 is 0 Å². The number of aliphatic hydroxyl groups is 1. The molecular weight excluding hydrogens is 418 g/mol. The van der Waals surface area contributed by atoms with Crippen molar-refractivity contribution in [3.05, 3.63) is 22.3 Å².